The molecule has 0 aromatic heterocycles. The maximum atomic E-state index is 13.2. The number of rotatable bonds is 4. The Balaban J connectivity index is 2.17. The van der Waals surface area contributed by atoms with Gasteiger partial charge in [0.2, 0.25) is 0 Å². The van der Waals surface area contributed by atoms with Crippen molar-refractivity contribution in [3.63, 3.8) is 0 Å². The van der Waals surface area contributed by atoms with Gasteiger partial charge in [-0.25, -0.2) is 9.69 Å². The van der Waals surface area contributed by atoms with E-state index in [4.69, 9.17) is 14.2 Å². The topological polar surface area (TPSA) is 88.5 Å². The smallest absolute Gasteiger partial charge is 0.416 e. The predicted molar refractivity (Wildman–Crippen MR) is 98.3 cm³/mol. The van der Waals surface area contributed by atoms with Gasteiger partial charge in [-0.2, -0.15) is 0 Å². The summed E-state index contributed by atoms with van der Waals surface area (Å²) in [5.74, 6) is 0.459. The minimum atomic E-state index is -1.23. The van der Waals surface area contributed by atoms with E-state index in [2.05, 4.69) is 6.58 Å². The highest BCUT2D eigenvalue weighted by atomic mass is 16.6. The number of nitrogens with zero attached hydrogens (tertiary/aromatic N) is 2. The zero-order valence-corrected chi connectivity index (χ0v) is 15.5. The van der Waals surface area contributed by atoms with Crippen LogP contribution in [0.5, 0.6) is 11.5 Å². The van der Waals surface area contributed by atoms with E-state index in [0.29, 0.717) is 24.5 Å². The molecule has 2 heterocycles. The molecule has 1 aromatic carbocycles. The Morgan fingerprint density at radius 3 is 2.67 bits per heavy atom. The lowest BCUT2D eigenvalue weighted by atomic mass is 10.0. The molecule has 2 aliphatic rings. The van der Waals surface area contributed by atoms with Crippen LogP contribution in [0.15, 0.2) is 24.8 Å². The van der Waals surface area contributed by atoms with E-state index in [0.717, 1.165) is 17.7 Å². The Kier molecular flexibility index (Phi) is 5.55. The van der Waals surface area contributed by atoms with Crippen LogP contribution in [-0.4, -0.2) is 61.6 Å². The number of carbonyl (C=O) groups excluding carboxylic acids is 2. The highest BCUT2D eigenvalue weighted by molar-refractivity contribution is 6.05. The second kappa shape index (κ2) is 7.87. The molecule has 0 spiro atoms. The minimum absolute atomic E-state index is 0.00694. The average Bonchev–Trinajstić information content (AvgIpc) is 2.79. The molecule has 0 bridgehead atoms. The van der Waals surface area contributed by atoms with Gasteiger partial charge >= 0.3 is 6.09 Å². The number of ether oxygens (including phenoxy) is 3. The monoisotopic (exact) mass is 376 g/mol. The summed E-state index contributed by atoms with van der Waals surface area (Å²) in [5.41, 5.74) is 0.486. The van der Waals surface area contributed by atoms with Gasteiger partial charge in [-0.3, -0.25) is 4.79 Å². The lowest BCUT2D eigenvalue weighted by Crippen LogP contribution is -2.55. The molecule has 1 N–H and O–H groups in total. The largest absolute Gasteiger partial charge is 0.493 e. The molecule has 3 rings (SSSR count). The van der Waals surface area contributed by atoms with E-state index in [1.54, 1.807) is 4.90 Å². The number of carbonyl (C=O) groups is 2. The van der Waals surface area contributed by atoms with Crippen LogP contribution in [0.25, 0.3) is 0 Å². The molecule has 2 unspecified atom stereocenters. The molecule has 8 heteroatoms. The van der Waals surface area contributed by atoms with Crippen molar-refractivity contribution < 1.29 is 28.9 Å². The molecule has 1 fully saturated rings. The second-order valence-electron chi connectivity index (χ2n) is 6.44. The highest BCUT2D eigenvalue weighted by Crippen LogP contribution is 2.40. The number of anilines is 1. The number of piperidine rings is 1. The SMILES string of the molecule is C=CCOC(=O)N1c2cc(OC)c(OC)cc2C(=O)N2CCCCC2C1O. The molecular formula is C19H24N2O6. The van der Waals surface area contributed by atoms with Crippen LogP contribution in [0.1, 0.15) is 29.6 Å². The molecular weight excluding hydrogens is 352 g/mol. The molecule has 1 aromatic rings. The fourth-order valence-corrected chi connectivity index (χ4v) is 3.63. The molecule has 0 aliphatic carbocycles. The summed E-state index contributed by atoms with van der Waals surface area (Å²) in [6.45, 7) is 4.04. The Morgan fingerprint density at radius 1 is 1.30 bits per heavy atom. The van der Waals surface area contributed by atoms with E-state index in [-0.39, 0.29) is 23.8 Å². The van der Waals surface area contributed by atoms with E-state index in [9.17, 15) is 14.7 Å². The first-order chi connectivity index (χ1) is 13.0. The van der Waals surface area contributed by atoms with Gasteiger partial charge in [0.25, 0.3) is 5.91 Å². The molecule has 2 aliphatic heterocycles. The predicted octanol–water partition coefficient (Wildman–Crippen LogP) is 2.16. The molecule has 1 saturated heterocycles. The van der Waals surface area contributed by atoms with Crippen molar-refractivity contribution in [2.45, 2.75) is 31.5 Å². The summed E-state index contributed by atoms with van der Waals surface area (Å²) in [7, 11) is 2.93. The highest BCUT2D eigenvalue weighted by Gasteiger charge is 2.44. The van der Waals surface area contributed by atoms with Crippen molar-refractivity contribution in [2.75, 3.05) is 32.3 Å². The zero-order valence-electron chi connectivity index (χ0n) is 15.5. The van der Waals surface area contributed by atoms with Crippen LogP contribution >= 0.6 is 0 Å². The molecule has 2 amide bonds. The van der Waals surface area contributed by atoms with Gasteiger partial charge in [-0.1, -0.05) is 12.7 Å². The van der Waals surface area contributed by atoms with Crippen molar-refractivity contribution in [2.24, 2.45) is 0 Å². The van der Waals surface area contributed by atoms with Crippen molar-refractivity contribution >= 4 is 17.7 Å². The first kappa shape index (κ1) is 19.0. The van der Waals surface area contributed by atoms with Crippen molar-refractivity contribution in [3.05, 3.63) is 30.4 Å². The first-order valence-corrected chi connectivity index (χ1v) is 8.85. The number of benzene rings is 1. The minimum Gasteiger partial charge on any atom is -0.493 e. The Hall–Kier alpha value is -2.74. The third-order valence-corrected chi connectivity index (χ3v) is 4.93. The van der Waals surface area contributed by atoms with Crippen LogP contribution < -0.4 is 14.4 Å². The molecule has 0 saturated carbocycles. The van der Waals surface area contributed by atoms with E-state index < -0.39 is 18.4 Å². The van der Waals surface area contributed by atoms with Gasteiger partial charge in [0.1, 0.15) is 6.61 Å². The van der Waals surface area contributed by atoms with Crippen molar-refractivity contribution in [1.29, 1.82) is 0 Å². The van der Waals surface area contributed by atoms with E-state index >= 15 is 0 Å². The Bertz CT molecular complexity index is 750. The Labute approximate surface area is 157 Å². The summed E-state index contributed by atoms with van der Waals surface area (Å²) in [6, 6.07) is 2.54. The molecule has 146 valence electrons. The van der Waals surface area contributed by atoms with Gasteiger partial charge < -0.3 is 24.2 Å². The summed E-state index contributed by atoms with van der Waals surface area (Å²) in [6.07, 6.45) is 1.76. The number of fused-ring (bicyclic) bond motifs is 2. The fourth-order valence-electron chi connectivity index (χ4n) is 3.63. The second-order valence-corrected chi connectivity index (χ2v) is 6.44. The van der Waals surface area contributed by atoms with Crippen LogP contribution in [-0.2, 0) is 4.74 Å². The maximum absolute atomic E-state index is 13.2. The maximum Gasteiger partial charge on any atom is 0.416 e. The van der Waals surface area contributed by atoms with Crippen LogP contribution in [0.3, 0.4) is 0 Å². The summed E-state index contributed by atoms with van der Waals surface area (Å²) in [5, 5.41) is 11.0. The summed E-state index contributed by atoms with van der Waals surface area (Å²) in [4.78, 5) is 28.6. The standard InChI is InChI=1S/C19H24N2O6/c1-4-9-27-19(24)21-14-11-16(26-3)15(25-2)10-12(14)17(22)20-8-6-5-7-13(20)18(21)23/h4,10-11,13,18,23H,1,5-9H2,2-3H3. The Morgan fingerprint density at radius 2 is 2.00 bits per heavy atom. The van der Waals surface area contributed by atoms with Crippen molar-refractivity contribution in [3.8, 4) is 11.5 Å². The lowest BCUT2D eigenvalue weighted by molar-refractivity contribution is 0.0233. The van der Waals surface area contributed by atoms with Crippen LogP contribution in [0, 0.1) is 0 Å². The number of amides is 2. The normalized spacial score (nSPS) is 21.7. The number of hydrogen-bond acceptors (Lipinski definition) is 6. The zero-order chi connectivity index (χ0) is 19.6. The third kappa shape index (κ3) is 3.32. The average molecular weight is 376 g/mol. The lowest BCUT2D eigenvalue weighted by Gasteiger charge is -2.38. The number of methoxy groups -OCH3 is 2. The molecule has 8 nitrogen and oxygen atoms in total. The molecule has 2 atom stereocenters. The molecule has 0 radical (unpaired) electrons. The van der Waals surface area contributed by atoms with Gasteiger partial charge in [-0.05, 0) is 25.3 Å². The first-order valence-electron chi connectivity index (χ1n) is 8.85. The number of hydrogen-bond donors (Lipinski definition) is 1. The number of aliphatic hydroxyl groups excluding tert-OH is 1. The van der Waals surface area contributed by atoms with E-state index in [1.807, 2.05) is 0 Å². The van der Waals surface area contributed by atoms with Crippen LogP contribution in [0.4, 0.5) is 10.5 Å². The van der Waals surface area contributed by atoms with Gasteiger partial charge in [0, 0.05) is 12.6 Å². The summed E-state index contributed by atoms with van der Waals surface area (Å²) >= 11 is 0. The number of aliphatic hydroxyl groups is 1. The third-order valence-electron chi connectivity index (χ3n) is 4.93. The quantitative estimate of drug-likeness (QED) is 0.810. The van der Waals surface area contributed by atoms with Gasteiger partial charge in [0.15, 0.2) is 17.7 Å². The molecule has 27 heavy (non-hydrogen) atoms. The van der Waals surface area contributed by atoms with Crippen molar-refractivity contribution in [1.82, 2.24) is 4.90 Å². The fraction of sp³-hybridized carbons (Fsp3) is 0.474. The van der Waals surface area contributed by atoms with Crippen LogP contribution in [0.2, 0.25) is 0 Å². The van der Waals surface area contributed by atoms with Gasteiger partial charge in [-0.15, -0.1) is 0 Å². The van der Waals surface area contributed by atoms with E-state index in [1.165, 1.54) is 32.4 Å². The summed E-state index contributed by atoms with van der Waals surface area (Å²) < 4.78 is 15.8. The van der Waals surface area contributed by atoms with Gasteiger partial charge in [0.05, 0.1) is 31.5 Å².